The number of benzene rings is 2. The maximum atomic E-state index is 12.8. The van der Waals surface area contributed by atoms with Crippen LogP contribution < -0.4 is 4.90 Å². The number of carbonyl (C=O) groups is 1. The number of amides is 1. The summed E-state index contributed by atoms with van der Waals surface area (Å²) in [6, 6.07) is 16.4. The zero-order valence-corrected chi connectivity index (χ0v) is 17.5. The molecule has 2 aromatic carbocycles. The summed E-state index contributed by atoms with van der Waals surface area (Å²) in [5.41, 5.74) is 1.85. The summed E-state index contributed by atoms with van der Waals surface area (Å²) in [7, 11) is -3.50. The molecule has 154 valence electrons. The Morgan fingerprint density at radius 1 is 1.03 bits per heavy atom. The van der Waals surface area contributed by atoms with E-state index < -0.39 is 10.0 Å². The smallest absolute Gasteiger partial charge is 0.243 e. The van der Waals surface area contributed by atoms with Crippen LogP contribution in [0.2, 0.25) is 0 Å². The molecule has 0 N–H and O–H groups in total. The molecule has 1 heterocycles. The summed E-state index contributed by atoms with van der Waals surface area (Å²) in [5, 5.41) is 0. The number of nitrogens with zero attached hydrogens (tertiary/aromatic N) is 3. The molecule has 2 aromatic rings. The first-order valence-corrected chi connectivity index (χ1v) is 11.1. The highest BCUT2D eigenvalue weighted by atomic mass is 32.2. The minimum Gasteiger partial charge on any atom is -0.308 e. The number of piperazine rings is 1. The largest absolute Gasteiger partial charge is 0.308 e. The summed E-state index contributed by atoms with van der Waals surface area (Å²) >= 11 is 0. The van der Waals surface area contributed by atoms with E-state index >= 15 is 0 Å². The van der Waals surface area contributed by atoms with E-state index in [-0.39, 0.29) is 12.5 Å². The molecule has 0 atom stereocenters. The lowest BCUT2D eigenvalue weighted by molar-refractivity contribution is -0.119. The zero-order valence-electron chi connectivity index (χ0n) is 16.7. The molecule has 6 nitrogen and oxygen atoms in total. The van der Waals surface area contributed by atoms with Gasteiger partial charge in [-0.2, -0.15) is 4.31 Å². The van der Waals surface area contributed by atoms with Gasteiger partial charge >= 0.3 is 0 Å². The van der Waals surface area contributed by atoms with Gasteiger partial charge in [0.25, 0.3) is 0 Å². The fraction of sp³-hybridized carbons (Fsp3) is 0.318. The van der Waals surface area contributed by atoms with Gasteiger partial charge in [-0.05, 0) is 31.2 Å². The van der Waals surface area contributed by atoms with Crippen LogP contribution in [0.3, 0.4) is 0 Å². The Kier molecular flexibility index (Phi) is 6.84. The Morgan fingerprint density at radius 2 is 1.66 bits per heavy atom. The molecule has 1 aliphatic heterocycles. The second kappa shape index (κ2) is 9.35. The van der Waals surface area contributed by atoms with Gasteiger partial charge in [-0.1, -0.05) is 42.0 Å². The Labute approximate surface area is 173 Å². The van der Waals surface area contributed by atoms with Crippen molar-refractivity contribution in [3.63, 3.8) is 0 Å². The van der Waals surface area contributed by atoms with Crippen molar-refractivity contribution in [2.45, 2.75) is 11.8 Å². The van der Waals surface area contributed by atoms with Crippen LogP contribution in [0, 0.1) is 6.92 Å². The van der Waals surface area contributed by atoms with Gasteiger partial charge in [0, 0.05) is 38.4 Å². The maximum absolute atomic E-state index is 12.8. The number of sulfonamides is 1. The number of rotatable bonds is 7. The van der Waals surface area contributed by atoms with Gasteiger partial charge in [-0.25, -0.2) is 8.42 Å². The molecule has 0 saturated carbocycles. The van der Waals surface area contributed by atoms with Gasteiger partial charge < -0.3 is 4.90 Å². The van der Waals surface area contributed by atoms with Crippen LogP contribution in [0.1, 0.15) is 5.56 Å². The average Bonchev–Trinajstić information content (AvgIpc) is 2.73. The lowest BCUT2D eigenvalue weighted by Crippen LogP contribution is -2.51. The quantitative estimate of drug-likeness (QED) is 0.655. The SMILES string of the molecule is C=CCN(C(=O)CN1CCN(S(=O)(=O)c2ccc(C)cc2)CC1)c1ccccc1. The number of hydrogen-bond acceptors (Lipinski definition) is 4. The molecule has 29 heavy (non-hydrogen) atoms. The summed E-state index contributed by atoms with van der Waals surface area (Å²) in [4.78, 5) is 16.9. The highest BCUT2D eigenvalue weighted by Gasteiger charge is 2.29. The van der Waals surface area contributed by atoms with Crippen molar-refractivity contribution in [1.29, 1.82) is 0 Å². The highest BCUT2D eigenvalue weighted by molar-refractivity contribution is 7.89. The fourth-order valence-corrected chi connectivity index (χ4v) is 4.77. The molecular weight excluding hydrogens is 386 g/mol. The van der Waals surface area contributed by atoms with Crippen LogP contribution in [0.4, 0.5) is 5.69 Å². The number of hydrogen-bond donors (Lipinski definition) is 0. The first kappa shape index (κ1) is 21.2. The standard InChI is InChI=1S/C22H27N3O3S/c1-3-13-25(20-7-5-4-6-8-20)22(26)18-23-14-16-24(17-15-23)29(27,28)21-11-9-19(2)10-12-21/h3-12H,1,13-18H2,2H3. The van der Waals surface area contributed by atoms with Gasteiger partial charge in [0.2, 0.25) is 15.9 Å². The predicted molar refractivity (Wildman–Crippen MR) is 115 cm³/mol. The molecule has 0 aromatic heterocycles. The molecule has 1 fully saturated rings. The molecular formula is C22H27N3O3S. The van der Waals surface area contributed by atoms with Crippen molar-refractivity contribution in [2.75, 3.05) is 44.2 Å². The number of anilines is 1. The Morgan fingerprint density at radius 3 is 2.24 bits per heavy atom. The highest BCUT2D eigenvalue weighted by Crippen LogP contribution is 2.19. The summed E-state index contributed by atoms with van der Waals surface area (Å²) in [6.07, 6.45) is 1.71. The predicted octanol–water partition coefficient (Wildman–Crippen LogP) is 2.52. The molecule has 0 aliphatic carbocycles. The van der Waals surface area contributed by atoms with E-state index in [9.17, 15) is 13.2 Å². The normalized spacial score (nSPS) is 15.8. The molecule has 1 saturated heterocycles. The van der Waals surface area contributed by atoms with E-state index in [4.69, 9.17) is 0 Å². The number of carbonyl (C=O) groups excluding carboxylic acids is 1. The third kappa shape index (κ3) is 5.12. The van der Waals surface area contributed by atoms with E-state index in [2.05, 4.69) is 6.58 Å². The molecule has 1 aliphatic rings. The Hall–Kier alpha value is -2.48. The van der Waals surface area contributed by atoms with Gasteiger partial charge in [-0.15, -0.1) is 6.58 Å². The monoisotopic (exact) mass is 413 g/mol. The van der Waals surface area contributed by atoms with Crippen LogP contribution in [0.5, 0.6) is 0 Å². The maximum Gasteiger partial charge on any atom is 0.243 e. The molecule has 7 heteroatoms. The zero-order chi connectivity index (χ0) is 20.9. The topological polar surface area (TPSA) is 60.9 Å². The van der Waals surface area contributed by atoms with Crippen molar-refractivity contribution < 1.29 is 13.2 Å². The minimum absolute atomic E-state index is 0.0223. The van der Waals surface area contributed by atoms with Gasteiger partial charge in [0.05, 0.1) is 11.4 Å². The second-order valence-corrected chi connectivity index (χ2v) is 9.06. The van der Waals surface area contributed by atoms with Crippen LogP contribution >= 0.6 is 0 Å². The van der Waals surface area contributed by atoms with E-state index in [0.29, 0.717) is 37.6 Å². The summed E-state index contributed by atoms with van der Waals surface area (Å²) in [6.45, 7) is 8.15. The summed E-state index contributed by atoms with van der Waals surface area (Å²) in [5.74, 6) is -0.0223. The van der Waals surface area contributed by atoms with Crippen molar-refractivity contribution in [3.8, 4) is 0 Å². The first-order valence-electron chi connectivity index (χ1n) is 9.67. The van der Waals surface area contributed by atoms with Crippen molar-refractivity contribution in [1.82, 2.24) is 9.21 Å². The van der Waals surface area contributed by atoms with Crippen molar-refractivity contribution in [2.24, 2.45) is 0 Å². The van der Waals surface area contributed by atoms with E-state index in [1.165, 1.54) is 4.31 Å². The van der Waals surface area contributed by atoms with E-state index in [0.717, 1.165) is 11.3 Å². The van der Waals surface area contributed by atoms with E-state index in [1.807, 2.05) is 42.2 Å². The Bertz CT molecular complexity index is 935. The fourth-order valence-electron chi connectivity index (χ4n) is 3.35. The Balaban J connectivity index is 1.61. The van der Waals surface area contributed by atoms with E-state index in [1.54, 1.807) is 35.2 Å². The minimum atomic E-state index is -3.50. The van der Waals surface area contributed by atoms with Gasteiger partial charge in [-0.3, -0.25) is 9.69 Å². The molecule has 1 amide bonds. The van der Waals surface area contributed by atoms with Crippen LogP contribution in [-0.4, -0.2) is 62.8 Å². The lowest BCUT2D eigenvalue weighted by Gasteiger charge is -2.34. The van der Waals surface area contributed by atoms with Crippen LogP contribution in [0.25, 0.3) is 0 Å². The van der Waals surface area contributed by atoms with Crippen LogP contribution in [0.15, 0.2) is 72.1 Å². The average molecular weight is 414 g/mol. The van der Waals surface area contributed by atoms with Crippen LogP contribution in [-0.2, 0) is 14.8 Å². The third-order valence-corrected chi connectivity index (χ3v) is 6.94. The number of para-hydroxylation sites is 1. The summed E-state index contributed by atoms with van der Waals surface area (Å²) < 4.78 is 27.2. The van der Waals surface area contributed by atoms with Crippen molar-refractivity contribution in [3.05, 3.63) is 72.8 Å². The van der Waals surface area contributed by atoms with Gasteiger partial charge in [0.15, 0.2) is 0 Å². The van der Waals surface area contributed by atoms with Gasteiger partial charge in [0.1, 0.15) is 0 Å². The first-order chi connectivity index (χ1) is 13.9. The van der Waals surface area contributed by atoms with Crippen molar-refractivity contribution >= 4 is 21.6 Å². The second-order valence-electron chi connectivity index (χ2n) is 7.12. The number of aryl methyl sites for hydroxylation is 1. The molecule has 0 bridgehead atoms. The molecule has 0 radical (unpaired) electrons. The molecule has 0 spiro atoms. The third-order valence-electron chi connectivity index (χ3n) is 5.03. The lowest BCUT2D eigenvalue weighted by atomic mass is 10.2. The molecule has 3 rings (SSSR count). The molecule has 0 unspecified atom stereocenters.